The molecule has 0 fully saturated rings. The Morgan fingerprint density at radius 3 is 2.83 bits per heavy atom. The maximum absolute atomic E-state index is 12.3. The molecule has 118 valence electrons. The summed E-state index contributed by atoms with van der Waals surface area (Å²) in [4.78, 5) is 15.6. The number of amides is 1. The number of hydrogen-bond donors (Lipinski definition) is 2. The topological polar surface area (TPSA) is 54.1 Å². The van der Waals surface area contributed by atoms with E-state index in [1.807, 2.05) is 55.5 Å². The lowest BCUT2D eigenvalue weighted by Gasteiger charge is -2.07. The molecule has 2 aromatic carbocycles. The minimum atomic E-state index is 0.0145. The number of nitrogens with one attached hydrogen (secondary N) is 2. The summed E-state index contributed by atoms with van der Waals surface area (Å²) in [5, 5.41) is 4.08. The number of aromatic amines is 1. The van der Waals surface area contributed by atoms with Crippen LogP contribution in [0.15, 0.2) is 48.5 Å². The lowest BCUT2D eigenvalue weighted by molar-refractivity contribution is -0.120. The van der Waals surface area contributed by atoms with Gasteiger partial charge in [-0.2, -0.15) is 0 Å². The second kappa shape index (κ2) is 6.57. The number of aryl methyl sites for hydroxylation is 1. The molecule has 0 aliphatic carbocycles. The molecule has 4 heteroatoms. The van der Waals surface area contributed by atoms with Crippen LogP contribution in [0.1, 0.15) is 16.8 Å². The zero-order valence-corrected chi connectivity index (χ0v) is 13.3. The van der Waals surface area contributed by atoms with Crippen molar-refractivity contribution in [1.82, 2.24) is 10.3 Å². The van der Waals surface area contributed by atoms with Gasteiger partial charge in [-0.05, 0) is 36.2 Å². The molecule has 2 N–H and O–H groups in total. The predicted molar refractivity (Wildman–Crippen MR) is 91.6 cm³/mol. The summed E-state index contributed by atoms with van der Waals surface area (Å²) in [6.07, 6.45) is 0.375. The average Bonchev–Trinajstić information content (AvgIpc) is 2.89. The molecule has 0 aliphatic rings. The summed E-state index contributed by atoms with van der Waals surface area (Å²) < 4.78 is 5.19. The summed E-state index contributed by atoms with van der Waals surface area (Å²) in [6, 6.07) is 15.8. The van der Waals surface area contributed by atoms with E-state index in [4.69, 9.17) is 4.74 Å². The fourth-order valence-electron chi connectivity index (χ4n) is 2.77. The van der Waals surface area contributed by atoms with Gasteiger partial charge in [-0.3, -0.25) is 4.79 Å². The van der Waals surface area contributed by atoms with Crippen molar-refractivity contribution in [2.75, 3.05) is 7.11 Å². The van der Waals surface area contributed by atoms with Crippen LogP contribution in [0.3, 0.4) is 0 Å². The smallest absolute Gasteiger partial charge is 0.224 e. The number of rotatable bonds is 5. The van der Waals surface area contributed by atoms with E-state index in [1.165, 1.54) is 0 Å². The molecule has 1 amide bonds. The van der Waals surface area contributed by atoms with E-state index in [1.54, 1.807) is 7.11 Å². The number of ether oxygens (including phenoxy) is 1. The first-order valence-corrected chi connectivity index (χ1v) is 7.63. The number of fused-ring (bicyclic) bond motifs is 1. The summed E-state index contributed by atoms with van der Waals surface area (Å²) in [6.45, 7) is 2.50. The van der Waals surface area contributed by atoms with Crippen LogP contribution in [0.2, 0.25) is 0 Å². The van der Waals surface area contributed by atoms with Gasteiger partial charge in [0, 0.05) is 23.1 Å². The molecular weight excluding hydrogens is 288 g/mol. The molecule has 3 aromatic rings. The lowest BCUT2D eigenvalue weighted by atomic mass is 10.1. The molecule has 0 spiro atoms. The Labute approximate surface area is 135 Å². The fourth-order valence-corrected chi connectivity index (χ4v) is 2.77. The molecule has 1 aromatic heterocycles. The predicted octanol–water partition coefficient (Wildman–Crippen LogP) is 3.34. The first-order valence-electron chi connectivity index (χ1n) is 7.63. The highest BCUT2D eigenvalue weighted by Gasteiger charge is 2.12. The summed E-state index contributed by atoms with van der Waals surface area (Å²) in [7, 11) is 1.64. The molecule has 23 heavy (non-hydrogen) atoms. The molecular formula is C19H20N2O2. The summed E-state index contributed by atoms with van der Waals surface area (Å²) in [5.41, 5.74) is 4.19. The van der Waals surface area contributed by atoms with Crippen molar-refractivity contribution in [3.8, 4) is 5.75 Å². The lowest BCUT2D eigenvalue weighted by Crippen LogP contribution is -2.24. The highest BCUT2D eigenvalue weighted by molar-refractivity contribution is 5.90. The van der Waals surface area contributed by atoms with E-state index in [0.717, 1.165) is 33.5 Å². The van der Waals surface area contributed by atoms with Gasteiger partial charge in [0.05, 0.1) is 13.5 Å². The maximum Gasteiger partial charge on any atom is 0.224 e. The van der Waals surface area contributed by atoms with Gasteiger partial charge in [0.2, 0.25) is 5.91 Å². The van der Waals surface area contributed by atoms with Crippen LogP contribution in [-0.4, -0.2) is 18.0 Å². The van der Waals surface area contributed by atoms with E-state index in [-0.39, 0.29) is 5.91 Å². The van der Waals surface area contributed by atoms with Gasteiger partial charge in [0.1, 0.15) is 5.75 Å². The Hall–Kier alpha value is -2.75. The second-order valence-electron chi connectivity index (χ2n) is 5.58. The molecule has 0 bridgehead atoms. The number of aromatic nitrogens is 1. The largest absolute Gasteiger partial charge is 0.497 e. The SMILES string of the molecule is COc1cccc(CNC(=O)Cc2c(C)[nH]c3ccccc23)c1. The standard InChI is InChI=1S/C19H20N2O2/c1-13-17(16-8-3-4-9-18(16)21-13)11-19(22)20-12-14-6-5-7-15(10-14)23-2/h3-10,21H,11-12H2,1-2H3,(H,20,22). The molecule has 0 aliphatic heterocycles. The minimum absolute atomic E-state index is 0.0145. The van der Waals surface area contributed by atoms with Gasteiger partial charge in [-0.1, -0.05) is 30.3 Å². The number of carbonyl (C=O) groups is 1. The summed E-state index contributed by atoms with van der Waals surface area (Å²) in [5.74, 6) is 0.810. The van der Waals surface area contributed by atoms with Crippen LogP contribution >= 0.6 is 0 Å². The monoisotopic (exact) mass is 308 g/mol. The Morgan fingerprint density at radius 2 is 2.00 bits per heavy atom. The van der Waals surface area contributed by atoms with Crippen LogP contribution < -0.4 is 10.1 Å². The van der Waals surface area contributed by atoms with Gasteiger partial charge in [-0.25, -0.2) is 0 Å². The molecule has 0 unspecified atom stereocenters. The zero-order chi connectivity index (χ0) is 16.2. The molecule has 0 saturated carbocycles. The third-order valence-corrected chi connectivity index (χ3v) is 3.99. The average molecular weight is 308 g/mol. The normalized spacial score (nSPS) is 10.7. The molecule has 0 atom stereocenters. The first kappa shape index (κ1) is 15.2. The van der Waals surface area contributed by atoms with Gasteiger partial charge < -0.3 is 15.0 Å². The number of hydrogen-bond acceptors (Lipinski definition) is 2. The number of benzene rings is 2. The van der Waals surface area contributed by atoms with E-state index >= 15 is 0 Å². The number of methoxy groups -OCH3 is 1. The Morgan fingerprint density at radius 1 is 1.17 bits per heavy atom. The Bertz CT molecular complexity index is 836. The third kappa shape index (κ3) is 3.37. The van der Waals surface area contributed by atoms with E-state index < -0.39 is 0 Å². The van der Waals surface area contributed by atoms with Crippen molar-refractivity contribution in [1.29, 1.82) is 0 Å². The van der Waals surface area contributed by atoms with Crippen LogP contribution in [-0.2, 0) is 17.8 Å². The van der Waals surface area contributed by atoms with Crippen molar-refractivity contribution in [3.63, 3.8) is 0 Å². The van der Waals surface area contributed by atoms with Crippen LogP contribution in [0.5, 0.6) is 5.75 Å². The molecule has 3 rings (SSSR count). The molecule has 0 saturated heterocycles. The highest BCUT2D eigenvalue weighted by Crippen LogP contribution is 2.22. The van der Waals surface area contributed by atoms with Crippen LogP contribution in [0.25, 0.3) is 10.9 Å². The number of H-pyrrole nitrogens is 1. The van der Waals surface area contributed by atoms with Crippen LogP contribution in [0, 0.1) is 6.92 Å². The van der Waals surface area contributed by atoms with Crippen molar-refractivity contribution in [3.05, 3.63) is 65.4 Å². The maximum atomic E-state index is 12.3. The molecule has 1 heterocycles. The second-order valence-corrected chi connectivity index (χ2v) is 5.58. The van der Waals surface area contributed by atoms with Gasteiger partial charge in [-0.15, -0.1) is 0 Å². The van der Waals surface area contributed by atoms with Gasteiger partial charge in [0.15, 0.2) is 0 Å². The van der Waals surface area contributed by atoms with Gasteiger partial charge in [0.25, 0.3) is 0 Å². The van der Waals surface area contributed by atoms with E-state index in [0.29, 0.717) is 13.0 Å². The van der Waals surface area contributed by atoms with Crippen molar-refractivity contribution in [2.24, 2.45) is 0 Å². The molecule has 4 nitrogen and oxygen atoms in total. The zero-order valence-electron chi connectivity index (χ0n) is 13.3. The quantitative estimate of drug-likeness (QED) is 0.759. The van der Waals surface area contributed by atoms with Crippen molar-refractivity contribution >= 4 is 16.8 Å². The van der Waals surface area contributed by atoms with Crippen molar-refractivity contribution < 1.29 is 9.53 Å². The van der Waals surface area contributed by atoms with Gasteiger partial charge >= 0.3 is 0 Å². The Kier molecular flexibility index (Phi) is 4.33. The number of para-hydroxylation sites is 1. The summed E-state index contributed by atoms with van der Waals surface area (Å²) >= 11 is 0. The van der Waals surface area contributed by atoms with Crippen molar-refractivity contribution in [2.45, 2.75) is 19.9 Å². The van der Waals surface area contributed by atoms with E-state index in [9.17, 15) is 4.79 Å². The highest BCUT2D eigenvalue weighted by atomic mass is 16.5. The third-order valence-electron chi connectivity index (χ3n) is 3.99. The van der Waals surface area contributed by atoms with Crippen LogP contribution in [0.4, 0.5) is 0 Å². The number of carbonyl (C=O) groups excluding carboxylic acids is 1. The Balaban J connectivity index is 1.68. The fraction of sp³-hybridized carbons (Fsp3) is 0.211. The first-order chi connectivity index (χ1) is 11.2. The van der Waals surface area contributed by atoms with E-state index in [2.05, 4.69) is 10.3 Å². The minimum Gasteiger partial charge on any atom is -0.497 e. The molecule has 0 radical (unpaired) electrons.